The van der Waals surface area contributed by atoms with E-state index in [9.17, 15) is 9.59 Å². The summed E-state index contributed by atoms with van der Waals surface area (Å²) in [5.74, 6) is 0.602. The number of ether oxygens (including phenoxy) is 1. The van der Waals surface area contributed by atoms with E-state index < -0.39 is 5.91 Å². The molecule has 0 aliphatic heterocycles. The zero-order valence-corrected chi connectivity index (χ0v) is 18.4. The molecule has 0 aliphatic rings. The lowest BCUT2D eigenvalue weighted by Crippen LogP contribution is -2.24. The van der Waals surface area contributed by atoms with Gasteiger partial charge in [-0.05, 0) is 30.5 Å². The van der Waals surface area contributed by atoms with Crippen molar-refractivity contribution >= 4 is 28.3 Å². The predicted octanol–water partition coefficient (Wildman–Crippen LogP) is 4.01. The summed E-state index contributed by atoms with van der Waals surface area (Å²) >= 11 is 0. The molecule has 0 atom stereocenters. The van der Waals surface area contributed by atoms with Crippen LogP contribution >= 0.6 is 0 Å². The Morgan fingerprint density at radius 1 is 1.09 bits per heavy atom. The summed E-state index contributed by atoms with van der Waals surface area (Å²) in [6.45, 7) is 1.96. The van der Waals surface area contributed by atoms with Gasteiger partial charge in [0.05, 0.1) is 11.4 Å². The maximum absolute atomic E-state index is 12.8. The lowest BCUT2D eigenvalue weighted by molar-refractivity contribution is 0.0822. The number of benzene rings is 2. The summed E-state index contributed by atoms with van der Waals surface area (Å²) in [7, 11) is 4.98. The first-order chi connectivity index (χ1) is 15.3. The number of rotatable bonds is 6. The average molecular weight is 432 g/mol. The molecular weight excluding hydrogens is 408 g/mol. The van der Waals surface area contributed by atoms with Crippen molar-refractivity contribution in [1.82, 2.24) is 14.7 Å². The molecule has 2 heterocycles. The minimum Gasteiger partial charge on any atom is -0.485 e. The summed E-state index contributed by atoms with van der Waals surface area (Å²) in [5.41, 5.74) is 1.20. The van der Waals surface area contributed by atoms with Crippen LogP contribution in [0.3, 0.4) is 0 Å². The number of aryl methyl sites for hydroxylation is 1. The molecule has 8 heteroatoms. The van der Waals surface area contributed by atoms with Crippen LogP contribution in [-0.4, -0.2) is 40.6 Å². The number of carbonyl (C=O) groups is 2. The van der Waals surface area contributed by atoms with E-state index in [1.54, 1.807) is 44.9 Å². The Morgan fingerprint density at radius 2 is 1.84 bits per heavy atom. The van der Waals surface area contributed by atoms with Crippen LogP contribution in [0, 0.1) is 6.92 Å². The van der Waals surface area contributed by atoms with Crippen LogP contribution in [0.4, 0.5) is 5.69 Å². The van der Waals surface area contributed by atoms with Crippen LogP contribution in [-0.2, 0) is 13.7 Å². The van der Waals surface area contributed by atoms with E-state index in [1.165, 1.54) is 4.90 Å². The molecular formula is C24H24N4O4. The van der Waals surface area contributed by atoms with Crippen molar-refractivity contribution in [2.45, 2.75) is 13.5 Å². The Balaban J connectivity index is 1.48. The summed E-state index contributed by atoms with van der Waals surface area (Å²) in [4.78, 5) is 26.6. The number of hydrogen-bond donors (Lipinski definition) is 1. The Morgan fingerprint density at radius 3 is 2.62 bits per heavy atom. The van der Waals surface area contributed by atoms with Crippen molar-refractivity contribution in [2.75, 3.05) is 19.4 Å². The molecule has 0 unspecified atom stereocenters. The fourth-order valence-electron chi connectivity index (χ4n) is 3.34. The molecule has 2 aromatic carbocycles. The number of nitrogens with zero attached hydrogens (tertiary/aromatic N) is 3. The zero-order chi connectivity index (χ0) is 22.8. The van der Waals surface area contributed by atoms with E-state index in [2.05, 4.69) is 10.4 Å². The molecule has 2 aromatic heterocycles. The van der Waals surface area contributed by atoms with Crippen molar-refractivity contribution in [3.8, 4) is 5.75 Å². The Kier molecular flexibility index (Phi) is 5.68. The third-order valence-corrected chi connectivity index (χ3v) is 5.19. The lowest BCUT2D eigenvalue weighted by Gasteiger charge is -2.10. The van der Waals surface area contributed by atoms with Crippen LogP contribution in [0.5, 0.6) is 5.75 Å². The number of aromatic nitrogens is 2. The van der Waals surface area contributed by atoms with Crippen LogP contribution in [0.15, 0.2) is 59.0 Å². The fraction of sp³-hybridized carbons (Fsp3) is 0.208. The second-order valence-electron chi connectivity index (χ2n) is 7.62. The van der Waals surface area contributed by atoms with Crippen LogP contribution in [0.1, 0.15) is 32.5 Å². The number of amides is 2. The van der Waals surface area contributed by atoms with E-state index in [-0.39, 0.29) is 24.0 Å². The minimum absolute atomic E-state index is 0.119. The largest absolute Gasteiger partial charge is 0.485 e. The van der Waals surface area contributed by atoms with Gasteiger partial charge in [-0.3, -0.25) is 14.3 Å². The first-order valence-electron chi connectivity index (χ1n) is 10.1. The molecule has 164 valence electrons. The maximum Gasteiger partial charge on any atom is 0.291 e. The summed E-state index contributed by atoms with van der Waals surface area (Å²) in [5, 5.41) is 9.08. The van der Waals surface area contributed by atoms with Gasteiger partial charge in [0, 0.05) is 26.5 Å². The van der Waals surface area contributed by atoms with Crippen molar-refractivity contribution in [3.63, 3.8) is 0 Å². The molecule has 4 aromatic rings. The van der Waals surface area contributed by atoms with Crippen LogP contribution < -0.4 is 10.1 Å². The second kappa shape index (κ2) is 8.58. The monoisotopic (exact) mass is 432 g/mol. The van der Waals surface area contributed by atoms with E-state index in [4.69, 9.17) is 9.15 Å². The van der Waals surface area contributed by atoms with E-state index in [0.717, 1.165) is 16.5 Å². The van der Waals surface area contributed by atoms with Gasteiger partial charge in [0.25, 0.3) is 11.8 Å². The molecule has 4 rings (SSSR count). The van der Waals surface area contributed by atoms with Crippen LogP contribution in [0.2, 0.25) is 0 Å². The molecule has 0 saturated carbocycles. The summed E-state index contributed by atoms with van der Waals surface area (Å²) in [6.07, 6.45) is 0. The van der Waals surface area contributed by atoms with Crippen molar-refractivity contribution in [1.29, 1.82) is 0 Å². The first kappa shape index (κ1) is 21.2. The van der Waals surface area contributed by atoms with Gasteiger partial charge in [-0.25, -0.2) is 0 Å². The number of nitrogens with one attached hydrogen (secondary N) is 1. The Bertz CT molecular complexity index is 1300. The molecule has 0 fully saturated rings. The van der Waals surface area contributed by atoms with Crippen molar-refractivity contribution in [2.24, 2.45) is 7.05 Å². The molecule has 0 radical (unpaired) electrons. The smallest absolute Gasteiger partial charge is 0.291 e. The second-order valence-corrected chi connectivity index (χ2v) is 7.62. The highest BCUT2D eigenvalue weighted by atomic mass is 16.5. The predicted molar refractivity (Wildman–Crippen MR) is 121 cm³/mol. The number of hydrogen-bond acceptors (Lipinski definition) is 5. The highest BCUT2D eigenvalue weighted by Gasteiger charge is 2.24. The third-order valence-electron chi connectivity index (χ3n) is 5.19. The van der Waals surface area contributed by atoms with Gasteiger partial charge >= 0.3 is 0 Å². The zero-order valence-electron chi connectivity index (χ0n) is 18.4. The van der Waals surface area contributed by atoms with Crippen LogP contribution in [0.25, 0.3) is 10.8 Å². The van der Waals surface area contributed by atoms with Gasteiger partial charge < -0.3 is 19.4 Å². The van der Waals surface area contributed by atoms with Gasteiger partial charge in [0.2, 0.25) is 0 Å². The molecule has 8 nitrogen and oxygen atoms in total. The SMILES string of the molecule is Cc1c(NC(=O)c2ccc(COc3cccc4ccccc34)o2)c(C(=O)N(C)C)nn1C. The number of carbonyl (C=O) groups excluding carboxylic acids is 2. The lowest BCUT2D eigenvalue weighted by atomic mass is 10.1. The Labute approximate surface area is 185 Å². The third kappa shape index (κ3) is 4.07. The maximum atomic E-state index is 12.8. The van der Waals surface area contributed by atoms with Gasteiger partial charge in [-0.1, -0.05) is 36.4 Å². The fourth-order valence-corrected chi connectivity index (χ4v) is 3.34. The standard InChI is InChI=1S/C24H24N4O4/c1-15-21(22(26-28(15)4)24(30)27(2)3)25-23(29)20-13-12-17(32-20)14-31-19-11-7-9-16-8-5-6-10-18(16)19/h5-13H,14H2,1-4H3,(H,25,29). The average Bonchev–Trinajstić information content (AvgIpc) is 3.37. The highest BCUT2D eigenvalue weighted by Crippen LogP contribution is 2.26. The minimum atomic E-state index is -0.467. The summed E-state index contributed by atoms with van der Waals surface area (Å²) < 4.78 is 13.2. The Hall–Kier alpha value is -4.07. The number of fused-ring (bicyclic) bond motifs is 1. The normalized spacial score (nSPS) is 10.9. The molecule has 1 N–H and O–H groups in total. The molecule has 0 spiro atoms. The van der Waals surface area contributed by atoms with E-state index >= 15 is 0 Å². The molecule has 0 saturated heterocycles. The van der Waals surface area contributed by atoms with E-state index in [0.29, 0.717) is 17.1 Å². The van der Waals surface area contributed by atoms with Gasteiger partial charge in [-0.2, -0.15) is 5.10 Å². The van der Waals surface area contributed by atoms with Crippen molar-refractivity contribution < 1.29 is 18.7 Å². The first-order valence-corrected chi connectivity index (χ1v) is 10.1. The van der Waals surface area contributed by atoms with Gasteiger partial charge in [-0.15, -0.1) is 0 Å². The molecule has 0 bridgehead atoms. The van der Waals surface area contributed by atoms with E-state index in [1.807, 2.05) is 42.5 Å². The highest BCUT2D eigenvalue weighted by molar-refractivity contribution is 6.07. The van der Waals surface area contributed by atoms with Crippen molar-refractivity contribution in [3.05, 3.63) is 77.5 Å². The quantitative estimate of drug-likeness (QED) is 0.497. The van der Waals surface area contributed by atoms with Gasteiger partial charge in [0.1, 0.15) is 18.1 Å². The molecule has 32 heavy (non-hydrogen) atoms. The number of furan rings is 1. The molecule has 2 amide bonds. The number of anilines is 1. The topological polar surface area (TPSA) is 89.6 Å². The summed E-state index contributed by atoms with van der Waals surface area (Å²) in [6, 6.07) is 17.1. The molecule has 0 aliphatic carbocycles. The van der Waals surface area contributed by atoms with Gasteiger partial charge in [0.15, 0.2) is 11.5 Å².